The molecule has 2 heterocycles. The van der Waals surface area contributed by atoms with Crippen LogP contribution in [0.3, 0.4) is 0 Å². The number of hydrogen-bond acceptors (Lipinski definition) is 4. The maximum atomic E-state index is 5.59. The van der Waals surface area contributed by atoms with E-state index in [0.29, 0.717) is 13.2 Å². The third-order valence-electron chi connectivity index (χ3n) is 2.97. The Kier molecular flexibility index (Phi) is 3.29. The number of anilines is 2. The standard InChI is InChI=1S/C14H13BrN2O2/c1-17(14-5-2-10(15)9-16-14)11-3-4-12-13(8-11)19-7-6-18-12/h2-5,8-9H,6-7H2,1H3. The highest BCUT2D eigenvalue weighted by Crippen LogP contribution is 2.35. The zero-order valence-electron chi connectivity index (χ0n) is 10.5. The van der Waals surface area contributed by atoms with Crippen molar-refractivity contribution in [3.8, 4) is 11.5 Å². The molecule has 0 spiro atoms. The van der Waals surface area contributed by atoms with Crippen molar-refractivity contribution in [1.82, 2.24) is 4.98 Å². The summed E-state index contributed by atoms with van der Waals surface area (Å²) in [7, 11) is 1.97. The molecular weight excluding hydrogens is 308 g/mol. The average Bonchev–Trinajstić information content (AvgIpc) is 2.47. The smallest absolute Gasteiger partial charge is 0.163 e. The Morgan fingerprint density at radius 3 is 2.63 bits per heavy atom. The predicted octanol–water partition coefficient (Wildman–Crippen LogP) is 3.38. The van der Waals surface area contributed by atoms with Gasteiger partial charge in [-0.15, -0.1) is 0 Å². The number of benzene rings is 1. The maximum absolute atomic E-state index is 5.59. The first-order valence-corrected chi connectivity index (χ1v) is 6.78. The van der Waals surface area contributed by atoms with Crippen LogP contribution in [0.2, 0.25) is 0 Å². The Labute approximate surface area is 120 Å². The highest BCUT2D eigenvalue weighted by atomic mass is 79.9. The summed E-state index contributed by atoms with van der Waals surface area (Å²) in [5, 5.41) is 0. The van der Waals surface area contributed by atoms with Crippen LogP contribution in [0.4, 0.5) is 11.5 Å². The molecule has 1 aliphatic heterocycles. The number of pyridine rings is 1. The van der Waals surface area contributed by atoms with Crippen LogP contribution in [0.1, 0.15) is 0 Å². The summed E-state index contributed by atoms with van der Waals surface area (Å²) in [6, 6.07) is 9.83. The molecule has 4 nitrogen and oxygen atoms in total. The minimum Gasteiger partial charge on any atom is -0.486 e. The quantitative estimate of drug-likeness (QED) is 0.849. The van der Waals surface area contributed by atoms with Gasteiger partial charge in [0.25, 0.3) is 0 Å². The van der Waals surface area contributed by atoms with Gasteiger partial charge in [-0.05, 0) is 40.2 Å². The molecule has 0 saturated carbocycles. The number of nitrogens with zero attached hydrogens (tertiary/aromatic N) is 2. The van der Waals surface area contributed by atoms with Gasteiger partial charge in [-0.2, -0.15) is 0 Å². The summed E-state index contributed by atoms with van der Waals surface area (Å²) in [5.41, 5.74) is 1.01. The van der Waals surface area contributed by atoms with Crippen molar-refractivity contribution < 1.29 is 9.47 Å². The van der Waals surface area contributed by atoms with Crippen LogP contribution in [-0.4, -0.2) is 25.2 Å². The van der Waals surface area contributed by atoms with Crippen LogP contribution in [-0.2, 0) is 0 Å². The molecule has 1 aliphatic rings. The van der Waals surface area contributed by atoms with E-state index in [1.807, 2.05) is 42.3 Å². The highest BCUT2D eigenvalue weighted by molar-refractivity contribution is 9.10. The van der Waals surface area contributed by atoms with Gasteiger partial charge in [-0.25, -0.2) is 4.98 Å². The SMILES string of the molecule is CN(c1ccc2c(c1)OCCO2)c1ccc(Br)cn1. The minimum atomic E-state index is 0.594. The molecule has 0 aliphatic carbocycles. The molecule has 3 rings (SSSR count). The summed E-state index contributed by atoms with van der Waals surface area (Å²) < 4.78 is 12.1. The Balaban J connectivity index is 1.91. The molecule has 1 aromatic heterocycles. The first-order chi connectivity index (χ1) is 9.24. The number of ether oxygens (including phenoxy) is 2. The first-order valence-electron chi connectivity index (χ1n) is 5.99. The number of rotatable bonds is 2. The lowest BCUT2D eigenvalue weighted by molar-refractivity contribution is 0.171. The van der Waals surface area contributed by atoms with Crippen molar-refractivity contribution in [2.24, 2.45) is 0 Å². The second-order valence-electron chi connectivity index (χ2n) is 4.22. The van der Waals surface area contributed by atoms with Gasteiger partial charge in [-0.3, -0.25) is 0 Å². The van der Waals surface area contributed by atoms with E-state index >= 15 is 0 Å². The van der Waals surface area contributed by atoms with Gasteiger partial charge in [0.05, 0.1) is 0 Å². The first kappa shape index (κ1) is 12.3. The van der Waals surface area contributed by atoms with Gasteiger partial charge >= 0.3 is 0 Å². The van der Waals surface area contributed by atoms with Gasteiger partial charge in [0, 0.05) is 29.5 Å². The van der Waals surface area contributed by atoms with Crippen LogP contribution in [0, 0.1) is 0 Å². The predicted molar refractivity (Wildman–Crippen MR) is 77.4 cm³/mol. The van der Waals surface area contributed by atoms with Gasteiger partial charge in [0.1, 0.15) is 19.0 Å². The van der Waals surface area contributed by atoms with Gasteiger partial charge < -0.3 is 14.4 Å². The van der Waals surface area contributed by atoms with Gasteiger partial charge in [0.15, 0.2) is 11.5 Å². The number of hydrogen-bond donors (Lipinski definition) is 0. The van der Waals surface area contributed by atoms with Crippen LogP contribution < -0.4 is 14.4 Å². The summed E-state index contributed by atoms with van der Waals surface area (Å²) in [5.74, 6) is 2.46. The second-order valence-corrected chi connectivity index (χ2v) is 5.14. The molecule has 0 unspecified atom stereocenters. The highest BCUT2D eigenvalue weighted by Gasteiger charge is 2.14. The molecule has 0 fully saturated rings. The third kappa shape index (κ3) is 2.51. The normalized spacial score (nSPS) is 13.2. The second kappa shape index (κ2) is 5.09. The lowest BCUT2D eigenvalue weighted by atomic mass is 10.2. The van der Waals surface area contributed by atoms with Crippen molar-refractivity contribution in [2.75, 3.05) is 25.2 Å². The van der Waals surface area contributed by atoms with Crippen LogP contribution >= 0.6 is 15.9 Å². The Hall–Kier alpha value is -1.75. The van der Waals surface area contributed by atoms with E-state index in [1.54, 1.807) is 6.20 Å². The van der Waals surface area contributed by atoms with Crippen molar-refractivity contribution in [3.63, 3.8) is 0 Å². The molecule has 0 saturated heterocycles. The summed E-state index contributed by atoms with van der Waals surface area (Å²) in [6.07, 6.45) is 1.78. The summed E-state index contributed by atoms with van der Waals surface area (Å²) >= 11 is 3.38. The van der Waals surface area contributed by atoms with Crippen molar-refractivity contribution in [3.05, 3.63) is 41.0 Å². The molecule has 0 bridgehead atoms. The van der Waals surface area contributed by atoms with E-state index < -0.39 is 0 Å². The minimum absolute atomic E-state index is 0.594. The topological polar surface area (TPSA) is 34.6 Å². The fraction of sp³-hybridized carbons (Fsp3) is 0.214. The third-order valence-corrected chi connectivity index (χ3v) is 3.44. The molecule has 0 radical (unpaired) electrons. The summed E-state index contributed by atoms with van der Waals surface area (Å²) in [6.45, 7) is 1.20. The van der Waals surface area contributed by atoms with Crippen molar-refractivity contribution in [2.45, 2.75) is 0 Å². The molecule has 5 heteroatoms. The average molecular weight is 321 g/mol. The zero-order valence-corrected chi connectivity index (χ0v) is 12.1. The molecule has 0 amide bonds. The largest absolute Gasteiger partial charge is 0.486 e. The monoisotopic (exact) mass is 320 g/mol. The fourth-order valence-electron chi connectivity index (χ4n) is 1.94. The van der Waals surface area contributed by atoms with Crippen LogP contribution in [0.15, 0.2) is 41.0 Å². The van der Waals surface area contributed by atoms with E-state index in [1.165, 1.54) is 0 Å². The number of fused-ring (bicyclic) bond motifs is 1. The van der Waals surface area contributed by atoms with E-state index in [2.05, 4.69) is 20.9 Å². The van der Waals surface area contributed by atoms with E-state index in [4.69, 9.17) is 9.47 Å². The van der Waals surface area contributed by atoms with E-state index in [9.17, 15) is 0 Å². The Bertz CT molecular complexity index is 586. The lowest BCUT2D eigenvalue weighted by Gasteiger charge is -2.22. The lowest BCUT2D eigenvalue weighted by Crippen LogP contribution is -2.16. The Morgan fingerprint density at radius 1 is 1.11 bits per heavy atom. The molecule has 2 aromatic rings. The van der Waals surface area contributed by atoms with Gasteiger partial charge in [-0.1, -0.05) is 0 Å². The van der Waals surface area contributed by atoms with Crippen molar-refractivity contribution >= 4 is 27.4 Å². The number of aromatic nitrogens is 1. The molecular formula is C14H13BrN2O2. The van der Waals surface area contributed by atoms with Crippen molar-refractivity contribution in [1.29, 1.82) is 0 Å². The van der Waals surface area contributed by atoms with E-state index in [-0.39, 0.29) is 0 Å². The maximum Gasteiger partial charge on any atom is 0.163 e. The Morgan fingerprint density at radius 2 is 1.89 bits per heavy atom. The molecule has 0 N–H and O–H groups in total. The molecule has 0 atom stereocenters. The molecule has 98 valence electrons. The molecule has 19 heavy (non-hydrogen) atoms. The zero-order chi connectivity index (χ0) is 13.2. The van der Waals surface area contributed by atoms with Crippen LogP contribution in [0.25, 0.3) is 0 Å². The number of halogens is 1. The fourth-order valence-corrected chi connectivity index (χ4v) is 2.17. The summed E-state index contributed by atoms with van der Waals surface area (Å²) in [4.78, 5) is 6.38. The molecule has 1 aromatic carbocycles. The van der Waals surface area contributed by atoms with Gasteiger partial charge in [0.2, 0.25) is 0 Å². The van der Waals surface area contributed by atoms with Crippen LogP contribution in [0.5, 0.6) is 11.5 Å². The van der Waals surface area contributed by atoms with E-state index in [0.717, 1.165) is 27.5 Å².